The molecule has 0 spiro atoms. The Labute approximate surface area is 143 Å². The standard InChI is InChI=1S/C16H18ClN3O2S/c1-10-2-9-15(21)20(19-10)12-5-3-11(4-6-12)18-16(22)13-7-8-14(17)23-13/h2,7-9,11-12H,3-6H2,1H3,(H,18,22). The van der Waals surface area contributed by atoms with Gasteiger partial charge in [-0.25, -0.2) is 4.68 Å². The van der Waals surface area contributed by atoms with E-state index in [1.54, 1.807) is 28.9 Å². The lowest BCUT2D eigenvalue weighted by molar-refractivity contribution is 0.0925. The van der Waals surface area contributed by atoms with Crippen molar-refractivity contribution in [1.29, 1.82) is 0 Å². The highest BCUT2D eigenvalue weighted by Crippen LogP contribution is 2.28. The maximum absolute atomic E-state index is 12.1. The Morgan fingerprint density at radius 1 is 1.26 bits per heavy atom. The smallest absolute Gasteiger partial charge is 0.267 e. The molecule has 2 aromatic heterocycles. The van der Waals surface area contributed by atoms with Crippen LogP contribution in [0, 0.1) is 6.92 Å². The zero-order valence-corrected chi connectivity index (χ0v) is 14.4. The van der Waals surface area contributed by atoms with Gasteiger partial charge in [0.1, 0.15) is 0 Å². The summed E-state index contributed by atoms with van der Waals surface area (Å²) in [7, 11) is 0. The van der Waals surface area contributed by atoms with Gasteiger partial charge in [-0.15, -0.1) is 11.3 Å². The van der Waals surface area contributed by atoms with Crippen LogP contribution in [-0.4, -0.2) is 21.7 Å². The second kappa shape index (κ2) is 6.84. The first-order chi connectivity index (χ1) is 11.0. The van der Waals surface area contributed by atoms with Gasteiger partial charge in [0, 0.05) is 12.1 Å². The Hall–Kier alpha value is -1.66. The van der Waals surface area contributed by atoms with E-state index < -0.39 is 0 Å². The highest BCUT2D eigenvalue weighted by molar-refractivity contribution is 7.17. The third-order valence-electron chi connectivity index (χ3n) is 4.13. The second-order valence-electron chi connectivity index (χ2n) is 5.84. The maximum Gasteiger partial charge on any atom is 0.267 e. The summed E-state index contributed by atoms with van der Waals surface area (Å²) < 4.78 is 2.20. The summed E-state index contributed by atoms with van der Waals surface area (Å²) in [6, 6.07) is 7.03. The Balaban J connectivity index is 1.59. The van der Waals surface area contributed by atoms with Crippen LogP contribution in [0.15, 0.2) is 29.1 Å². The monoisotopic (exact) mass is 351 g/mol. The largest absolute Gasteiger partial charge is 0.349 e. The molecule has 3 rings (SSSR count). The Bertz CT molecular complexity index is 763. The average Bonchev–Trinajstić information content (AvgIpc) is 2.97. The van der Waals surface area contributed by atoms with E-state index in [4.69, 9.17) is 11.6 Å². The predicted octanol–water partition coefficient (Wildman–Crippen LogP) is 3.18. The van der Waals surface area contributed by atoms with Gasteiger partial charge >= 0.3 is 0 Å². The number of amides is 1. The number of hydrogen-bond acceptors (Lipinski definition) is 4. The number of hydrogen-bond donors (Lipinski definition) is 1. The first kappa shape index (κ1) is 16.2. The van der Waals surface area contributed by atoms with Crippen molar-refractivity contribution in [3.8, 4) is 0 Å². The number of aromatic nitrogens is 2. The van der Waals surface area contributed by atoms with Gasteiger partial charge in [-0.1, -0.05) is 11.6 Å². The van der Waals surface area contributed by atoms with Crippen molar-refractivity contribution in [1.82, 2.24) is 15.1 Å². The fraction of sp³-hybridized carbons (Fsp3) is 0.438. The number of nitrogens with one attached hydrogen (secondary N) is 1. The number of carbonyl (C=O) groups is 1. The molecule has 2 aromatic rings. The van der Waals surface area contributed by atoms with Crippen LogP contribution < -0.4 is 10.9 Å². The molecule has 5 nitrogen and oxygen atoms in total. The van der Waals surface area contributed by atoms with E-state index in [1.807, 2.05) is 6.92 Å². The van der Waals surface area contributed by atoms with Crippen molar-refractivity contribution >= 4 is 28.8 Å². The van der Waals surface area contributed by atoms with Gasteiger partial charge in [-0.2, -0.15) is 5.10 Å². The van der Waals surface area contributed by atoms with Crippen LogP contribution in [0.3, 0.4) is 0 Å². The van der Waals surface area contributed by atoms with Gasteiger partial charge in [0.15, 0.2) is 0 Å². The van der Waals surface area contributed by atoms with E-state index in [9.17, 15) is 9.59 Å². The van der Waals surface area contributed by atoms with Gasteiger partial charge in [-0.05, 0) is 50.8 Å². The molecule has 0 atom stereocenters. The third kappa shape index (κ3) is 3.82. The fourth-order valence-electron chi connectivity index (χ4n) is 2.94. The first-order valence-corrected chi connectivity index (χ1v) is 8.85. The van der Waals surface area contributed by atoms with Crippen LogP contribution in [0.1, 0.15) is 47.1 Å². The number of carbonyl (C=O) groups excluding carboxylic acids is 1. The van der Waals surface area contributed by atoms with Gasteiger partial charge in [0.05, 0.1) is 20.9 Å². The molecule has 1 saturated carbocycles. The SMILES string of the molecule is Cc1ccc(=O)n(C2CCC(NC(=O)c3ccc(Cl)s3)CC2)n1. The minimum Gasteiger partial charge on any atom is -0.349 e. The summed E-state index contributed by atoms with van der Waals surface area (Å²) in [6.07, 6.45) is 3.37. The summed E-state index contributed by atoms with van der Waals surface area (Å²) in [5.41, 5.74) is 0.783. The predicted molar refractivity (Wildman–Crippen MR) is 91.3 cm³/mol. The number of rotatable bonds is 3. The number of halogens is 1. The molecule has 1 fully saturated rings. The van der Waals surface area contributed by atoms with Crippen LogP contribution in [-0.2, 0) is 0 Å². The van der Waals surface area contributed by atoms with Crippen molar-refractivity contribution in [2.75, 3.05) is 0 Å². The highest BCUT2D eigenvalue weighted by Gasteiger charge is 2.25. The van der Waals surface area contributed by atoms with Crippen molar-refractivity contribution in [3.05, 3.63) is 49.5 Å². The number of aryl methyl sites for hydroxylation is 1. The van der Waals surface area contributed by atoms with E-state index >= 15 is 0 Å². The van der Waals surface area contributed by atoms with Crippen LogP contribution in [0.4, 0.5) is 0 Å². The lowest BCUT2D eigenvalue weighted by Crippen LogP contribution is -2.39. The van der Waals surface area contributed by atoms with Crippen LogP contribution in [0.5, 0.6) is 0 Å². The van der Waals surface area contributed by atoms with E-state index in [-0.39, 0.29) is 23.6 Å². The quantitative estimate of drug-likeness (QED) is 0.923. The molecule has 7 heteroatoms. The normalized spacial score (nSPS) is 21.1. The molecule has 0 unspecified atom stereocenters. The summed E-state index contributed by atoms with van der Waals surface area (Å²) in [5, 5.41) is 7.39. The van der Waals surface area contributed by atoms with E-state index in [0.717, 1.165) is 31.4 Å². The van der Waals surface area contributed by atoms with Crippen LogP contribution in [0.2, 0.25) is 4.34 Å². The number of nitrogens with zero attached hydrogens (tertiary/aromatic N) is 2. The lowest BCUT2D eigenvalue weighted by atomic mass is 9.91. The summed E-state index contributed by atoms with van der Waals surface area (Å²) in [6.45, 7) is 1.88. The first-order valence-electron chi connectivity index (χ1n) is 7.65. The molecule has 0 bridgehead atoms. The van der Waals surface area contributed by atoms with E-state index in [2.05, 4.69) is 10.4 Å². The Morgan fingerprint density at radius 3 is 2.65 bits per heavy atom. The summed E-state index contributed by atoms with van der Waals surface area (Å²) >= 11 is 7.14. The molecule has 1 aliphatic rings. The maximum atomic E-state index is 12.1. The average molecular weight is 352 g/mol. The molecule has 0 aromatic carbocycles. The number of thiophene rings is 1. The second-order valence-corrected chi connectivity index (χ2v) is 7.56. The Morgan fingerprint density at radius 2 is 2.00 bits per heavy atom. The van der Waals surface area contributed by atoms with Crippen molar-refractivity contribution in [2.45, 2.75) is 44.7 Å². The molecule has 2 heterocycles. The highest BCUT2D eigenvalue weighted by atomic mass is 35.5. The zero-order valence-electron chi connectivity index (χ0n) is 12.8. The van der Waals surface area contributed by atoms with Crippen molar-refractivity contribution in [3.63, 3.8) is 0 Å². The summed E-state index contributed by atoms with van der Waals surface area (Å²) in [4.78, 5) is 24.7. The minimum absolute atomic E-state index is 0.0590. The molecular formula is C16H18ClN3O2S. The molecular weight excluding hydrogens is 334 g/mol. The lowest BCUT2D eigenvalue weighted by Gasteiger charge is -2.29. The molecule has 1 amide bonds. The molecule has 1 aliphatic carbocycles. The van der Waals surface area contributed by atoms with Crippen molar-refractivity contribution < 1.29 is 4.79 Å². The molecule has 0 saturated heterocycles. The van der Waals surface area contributed by atoms with Crippen molar-refractivity contribution in [2.24, 2.45) is 0 Å². The third-order valence-corrected chi connectivity index (χ3v) is 5.36. The van der Waals surface area contributed by atoms with Gasteiger partial charge in [0.2, 0.25) is 0 Å². The van der Waals surface area contributed by atoms with Gasteiger partial charge < -0.3 is 5.32 Å². The molecule has 0 aliphatic heterocycles. The fourth-order valence-corrected chi connectivity index (χ4v) is 3.89. The van der Waals surface area contributed by atoms with E-state index in [1.165, 1.54) is 11.3 Å². The summed E-state index contributed by atoms with van der Waals surface area (Å²) in [5.74, 6) is -0.0730. The molecule has 23 heavy (non-hydrogen) atoms. The van der Waals surface area contributed by atoms with E-state index in [0.29, 0.717) is 9.21 Å². The topological polar surface area (TPSA) is 64.0 Å². The van der Waals surface area contributed by atoms with Gasteiger partial charge in [0.25, 0.3) is 11.5 Å². The Kier molecular flexibility index (Phi) is 4.82. The minimum atomic E-state index is -0.0730. The zero-order chi connectivity index (χ0) is 16.4. The van der Waals surface area contributed by atoms with Crippen LogP contribution in [0.25, 0.3) is 0 Å². The molecule has 1 N–H and O–H groups in total. The molecule has 122 valence electrons. The van der Waals surface area contributed by atoms with Crippen LogP contribution >= 0.6 is 22.9 Å². The molecule has 0 radical (unpaired) electrons. The van der Waals surface area contributed by atoms with Gasteiger partial charge in [-0.3, -0.25) is 9.59 Å².